The van der Waals surface area contributed by atoms with Crippen molar-refractivity contribution in [1.29, 1.82) is 0 Å². The summed E-state index contributed by atoms with van der Waals surface area (Å²) in [5.74, 6) is 0.645. The minimum absolute atomic E-state index is 0.182. The quantitative estimate of drug-likeness (QED) is 0.479. The van der Waals surface area contributed by atoms with E-state index in [0.29, 0.717) is 5.92 Å². The van der Waals surface area contributed by atoms with Gasteiger partial charge in [0.1, 0.15) is 0 Å². The standard InChI is InChI=1S/C20H20N2O2/c1-12-5-3-6-14(9-12)20-17-8-4-7-16(17)18-11-15(22(23)24)10-13(2)19(18)21-20/h3-7,9-11,16-17,20-21H,8H2,1-2H3. The number of benzene rings is 2. The van der Waals surface area contributed by atoms with Crippen molar-refractivity contribution in [3.8, 4) is 0 Å². The van der Waals surface area contributed by atoms with Crippen molar-refractivity contribution in [3.05, 3.63) is 80.9 Å². The van der Waals surface area contributed by atoms with Crippen molar-refractivity contribution >= 4 is 11.4 Å². The van der Waals surface area contributed by atoms with Gasteiger partial charge in [0, 0.05) is 23.7 Å². The Morgan fingerprint density at radius 1 is 1.21 bits per heavy atom. The molecule has 1 N–H and O–H groups in total. The molecule has 1 heterocycles. The first kappa shape index (κ1) is 14.9. The van der Waals surface area contributed by atoms with E-state index in [2.05, 4.69) is 48.7 Å². The van der Waals surface area contributed by atoms with Gasteiger partial charge in [0.15, 0.2) is 0 Å². The van der Waals surface area contributed by atoms with Crippen molar-refractivity contribution < 1.29 is 4.92 Å². The van der Waals surface area contributed by atoms with Crippen LogP contribution in [0.2, 0.25) is 0 Å². The molecule has 0 radical (unpaired) electrons. The molecule has 122 valence electrons. The molecule has 3 unspecified atom stereocenters. The average molecular weight is 320 g/mol. The summed E-state index contributed by atoms with van der Waals surface area (Å²) in [6.45, 7) is 4.06. The van der Waals surface area contributed by atoms with Crippen LogP contribution >= 0.6 is 0 Å². The maximum Gasteiger partial charge on any atom is 0.270 e. The highest BCUT2D eigenvalue weighted by molar-refractivity contribution is 5.67. The predicted octanol–water partition coefficient (Wildman–Crippen LogP) is 5.04. The average Bonchev–Trinajstić information content (AvgIpc) is 3.04. The monoisotopic (exact) mass is 320 g/mol. The summed E-state index contributed by atoms with van der Waals surface area (Å²) < 4.78 is 0. The molecule has 2 aromatic rings. The molecule has 0 spiro atoms. The van der Waals surface area contributed by atoms with Gasteiger partial charge >= 0.3 is 0 Å². The van der Waals surface area contributed by atoms with E-state index in [0.717, 1.165) is 23.2 Å². The lowest BCUT2D eigenvalue weighted by atomic mass is 9.76. The molecule has 2 aromatic carbocycles. The number of rotatable bonds is 2. The second-order valence-corrected chi connectivity index (χ2v) is 6.87. The van der Waals surface area contributed by atoms with Gasteiger partial charge in [0.25, 0.3) is 5.69 Å². The molecule has 1 aliphatic carbocycles. The van der Waals surface area contributed by atoms with Gasteiger partial charge in [-0.2, -0.15) is 0 Å². The number of nitro benzene ring substituents is 1. The van der Waals surface area contributed by atoms with Crippen LogP contribution in [0, 0.1) is 29.9 Å². The van der Waals surface area contributed by atoms with Gasteiger partial charge in [-0.15, -0.1) is 0 Å². The van der Waals surface area contributed by atoms with Gasteiger partial charge in [0.05, 0.1) is 11.0 Å². The zero-order chi connectivity index (χ0) is 16.8. The second kappa shape index (κ2) is 5.48. The Morgan fingerprint density at radius 2 is 2.04 bits per heavy atom. The van der Waals surface area contributed by atoms with Crippen molar-refractivity contribution in [2.45, 2.75) is 32.2 Å². The molecule has 4 rings (SSSR count). The normalized spacial score (nSPS) is 24.2. The summed E-state index contributed by atoms with van der Waals surface area (Å²) in [7, 11) is 0. The fraction of sp³-hybridized carbons (Fsp3) is 0.300. The van der Waals surface area contributed by atoms with Gasteiger partial charge in [-0.1, -0.05) is 42.0 Å². The number of fused-ring (bicyclic) bond motifs is 3. The van der Waals surface area contributed by atoms with Gasteiger partial charge in [0.2, 0.25) is 0 Å². The number of nitro groups is 1. The minimum atomic E-state index is -0.298. The first-order valence-corrected chi connectivity index (χ1v) is 8.33. The van der Waals surface area contributed by atoms with E-state index in [1.165, 1.54) is 11.1 Å². The second-order valence-electron chi connectivity index (χ2n) is 6.87. The van der Waals surface area contributed by atoms with Crippen LogP contribution in [0.15, 0.2) is 48.6 Å². The maximum absolute atomic E-state index is 11.2. The van der Waals surface area contributed by atoms with E-state index in [-0.39, 0.29) is 22.6 Å². The molecular formula is C20H20N2O2. The molecule has 0 amide bonds. The van der Waals surface area contributed by atoms with Crippen molar-refractivity contribution in [1.82, 2.24) is 0 Å². The molecule has 3 atom stereocenters. The molecule has 0 saturated heterocycles. The Labute approximate surface area is 141 Å². The zero-order valence-corrected chi connectivity index (χ0v) is 13.8. The summed E-state index contributed by atoms with van der Waals surface area (Å²) in [4.78, 5) is 10.9. The third-order valence-electron chi connectivity index (χ3n) is 5.26. The molecule has 4 heteroatoms. The number of anilines is 1. The van der Waals surface area contributed by atoms with E-state index in [9.17, 15) is 10.1 Å². The summed E-state index contributed by atoms with van der Waals surface area (Å²) in [5.41, 5.74) is 5.78. The van der Waals surface area contributed by atoms with E-state index in [1.54, 1.807) is 12.1 Å². The summed E-state index contributed by atoms with van der Waals surface area (Å²) >= 11 is 0. The zero-order valence-electron chi connectivity index (χ0n) is 13.8. The highest BCUT2D eigenvalue weighted by Crippen LogP contribution is 2.51. The smallest absolute Gasteiger partial charge is 0.270 e. The molecule has 0 bridgehead atoms. The van der Waals surface area contributed by atoms with Crippen LogP contribution in [0.1, 0.15) is 40.6 Å². The third-order valence-corrected chi connectivity index (χ3v) is 5.26. The molecule has 0 saturated carbocycles. The van der Waals surface area contributed by atoms with E-state index in [1.807, 2.05) is 6.92 Å². The Morgan fingerprint density at radius 3 is 2.79 bits per heavy atom. The first-order valence-electron chi connectivity index (χ1n) is 8.33. The number of nitrogens with one attached hydrogen (secondary N) is 1. The van der Waals surface area contributed by atoms with Crippen molar-refractivity contribution in [2.24, 2.45) is 5.92 Å². The van der Waals surface area contributed by atoms with Crippen LogP contribution in [0.4, 0.5) is 11.4 Å². The highest BCUT2D eigenvalue weighted by atomic mass is 16.6. The van der Waals surface area contributed by atoms with Crippen molar-refractivity contribution in [2.75, 3.05) is 5.32 Å². The van der Waals surface area contributed by atoms with Gasteiger partial charge < -0.3 is 5.32 Å². The Bertz CT molecular complexity index is 857. The number of nitrogens with zero attached hydrogens (tertiary/aromatic N) is 1. The first-order chi connectivity index (χ1) is 11.5. The Kier molecular flexibility index (Phi) is 3.41. The number of hydrogen-bond acceptors (Lipinski definition) is 3. The summed E-state index contributed by atoms with van der Waals surface area (Å²) in [6.07, 6.45) is 5.43. The van der Waals surface area contributed by atoms with Crippen molar-refractivity contribution in [3.63, 3.8) is 0 Å². The largest absolute Gasteiger partial charge is 0.377 e. The van der Waals surface area contributed by atoms with Gasteiger partial charge in [-0.3, -0.25) is 10.1 Å². The SMILES string of the molecule is Cc1cccc(C2Nc3c(C)cc([N+](=O)[O-])cc3C3C=CCC32)c1. The van der Waals surface area contributed by atoms with E-state index in [4.69, 9.17) is 0 Å². The number of non-ortho nitro benzene ring substituents is 1. The predicted molar refractivity (Wildman–Crippen MR) is 95.4 cm³/mol. The molecule has 24 heavy (non-hydrogen) atoms. The maximum atomic E-state index is 11.2. The van der Waals surface area contributed by atoms with Crippen LogP contribution in [0.3, 0.4) is 0 Å². The molecule has 0 aromatic heterocycles. The summed E-state index contributed by atoms with van der Waals surface area (Å²) in [6, 6.07) is 12.3. The molecule has 4 nitrogen and oxygen atoms in total. The Balaban J connectivity index is 1.83. The van der Waals surface area contributed by atoms with Crippen LogP contribution < -0.4 is 5.32 Å². The van der Waals surface area contributed by atoms with E-state index < -0.39 is 0 Å². The van der Waals surface area contributed by atoms with Gasteiger partial charge in [-0.25, -0.2) is 0 Å². The van der Waals surface area contributed by atoms with Crippen LogP contribution in [-0.4, -0.2) is 4.92 Å². The fourth-order valence-electron chi connectivity index (χ4n) is 4.17. The molecule has 0 fully saturated rings. The summed E-state index contributed by atoms with van der Waals surface area (Å²) in [5, 5.41) is 14.9. The number of aryl methyl sites for hydroxylation is 2. The lowest BCUT2D eigenvalue weighted by molar-refractivity contribution is -0.385. The highest BCUT2D eigenvalue weighted by Gasteiger charge is 2.39. The lowest BCUT2D eigenvalue weighted by Gasteiger charge is -2.38. The Hall–Kier alpha value is -2.62. The topological polar surface area (TPSA) is 55.2 Å². The molecule has 2 aliphatic rings. The number of hydrogen-bond donors (Lipinski definition) is 1. The van der Waals surface area contributed by atoms with Crippen LogP contribution in [0.5, 0.6) is 0 Å². The van der Waals surface area contributed by atoms with E-state index >= 15 is 0 Å². The van der Waals surface area contributed by atoms with Gasteiger partial charge in [-0.05, 0) is 42.9 Å². The third kappa shape index (κ3) is 2.30. The van der Waals surface area contributed by atoms with Crippen LogP contribution in [0.25, 0.3) is 0 Å². The molecule has 1 aliphatic heterocycles. The molecular weight excluding hydrogens is 300 g/mol. The lowest BCUT2D eigenvalue weighted by Crippen LogP contribution is -2.29. The number of allylic oxidation sites excluding steroid dienone is 2. The minimum Gasteiger partial charge on any atom is -0.377 e. The fourth-order valence-corrected chi connectivity index (χ4v) is 4.17. The van der Waals surface area contributed by atoms with Crippen LogP contribution in [-0.2, 0) is 0 Å².